The van der Waals surface area contributed by atoms with E-state index in [0.717, 1.165) is 12.1 Å². The van der Waals surface area contributed by atoms with Gasteiger partial charge in [-0.05, 0) is 46.3 Å². The van der Waals surface area contributed by atoms with Gasteiger partial charge in [0.2, 0.25) is 0 Å². The molecule has 6 heteroatoms. The van der Waals surface area contributed by atoms with Crippen molar-refractivity contribution in [3.8, 4) is 0 Å². The summed E-state index contributed by atoms with van der Waals surface area (Å²) in [5.41, 5.74) is -0.238. The van der Waals surface area contributed by atoms with Crippen LogP contribution >= 0.6 is 27.5 Å². The van der Waals surface area contributed by atoms with Gasteiger partial charge >= 0.3 is 0 Å². The molecule has 0 unspecified atom stereocenters. The molecule has 0 aliphatic carbocycles. The molecule has 19 heavy (non-hydrogen) atoms. The molecular weight excluding hydrogens is 340 g/mol. The first-order valence-electron chi connectivity index (χ1n) is 5.19. The maximum atomic E-state index is 13.4. The molecule has 2 rings (SSSR count). The van der Waals surface area contributed by atoms with Crippen LogP contribution in [0.5, 0.6) is 0 Å². The number of rotatable bonds is 2. The summed E-state index contributed by atoms with van der Waals surface area (Å²) in [7, 11) is 0. The molecule has 0 saturated carbocycles. The highest BCUT2D eigenvalue weighted by Crippen LogP contribution is 2.24. The molecule has 0 bridgehead atoms. The number of halogens is 4. The third-order valence-electron chi connectivity index (χ3n) is 2.38. The molecule has 1 N–H and O–H groups in total. The topological polar surface area (TPSA) is 29.1 Å². The van der Waals surface area contributed by atoms with Crippen LogP contribution in [0.1, 0.15) is 10.4 Å². The fraction of sp³-hybridized carbons (Fsp3) is 0. The predicted octanol–water partition coefficient (Wildman–Crippen LogP) is 4.63. The molecule has 0 aliphatic heterocycles. The van der Waals surface area contributed by atoms with Gasteiger partial charge < -0.3 is 5.32 Å². The molecule has 0 fully saturated rings. The van der Waals surface area contributed by atoms with Gasteiger partial charge in [-0.2, -0.15) is 0 Å². The number of carbonyl (C=O) groups excluding carboxylic acids is 1. The first-order chi connectivity index (χ1) is 8.99. The van der Waals surface area contributed by atoms with Crippen LogP contribution in [0.2, 0.25) is 5.02 Å². The van der Waals surface area contributed by atoms with Gasteiger partial charge in [0.05, 0.1) is 5.02 Å². The summed E-state index contributed by atoms with van der Waals surface area (Å²) >= 11 is 8.97. The molecule has 2 aromatic rings. The number of benzene rings is 2. The second kappa shape index (κ2) is 5.67. The van der Waals surface area contributed by atoms with Crippen LogP contribution in [0.25, 0.3) is 0 Å². The zero-order chi connectivity index (χ0) is 14.0. The lowest BCUT2D eigenvalue weighted by Crippen LogP contribution is -2.14. The number of amides is 1. The monoisotopic (exact) mass is 345 g/mol. The molecule has 0 aromatic heterocycles. The van der Waals surface area contributed by atoms with Crippen LogP contribution in [0.3, 0.4) is 0 Å². The predicted molar refractivity (Wildman–Crippen MR) is 73.5 cm³/mol. The van der Waals surface area contributed by atoms with Crippen LogP contribution < -0.4 is 5.32 Å². The average molecular weight is 347 g/mol. The van der Waals surface area contributed by atoms with Crippen LogP contribution in [0, 0.1) is 11.6 Å². The van der Waals surface area contributed by atoms with Crippen LogP contribution in [0.15, 0.2) is 40.9 Å². The first-order valence-corrected chi connectivity index (χ1v) is 6.36. The van der Waals surface area contributed by atoms with E-state index in [9.17, 15) is 13.6 Å². The smallest absolute Gasteiger partial charge is 0.255 e. The van der Waals surface area contributed by atoms with Crippen molar-refractivity contribution in [2.45, 2.75) is 0 Å². The first kappa shape index (κ1) is 14.0. The minimum atomic E-state index is -0.832. The van der Waals surface area contributed by atoms with Crippen LogP contribution in [-0.4, -0.2) is 5.91 Å². The van der Waals surface area contributed by atoms with Crippen molar-refractivity contribution in [3.63, 3.8) is 0 Å². The SMILES string of the molecule is O=C(Nc1c(F)cccc1F)c1ccc(Cl)c(Br)c1. The van der Waals surface area contributed by atoms with E-state index in [0.29, 0.717) is 9.50 Å². The summed E-state index contributed by atoms with van der Waals surface area (Å²) in [6, 6.07) is 7.79. The Morgan fingerprint density at radius 3 is 2.37 bits per heavy atom. The molecule has 2 nitrogen and oxygen atoms in total. The van der Waals surface area contributed by atoms with Crippen molar-refractivity contribution in [1.29, 1.82) is 0 Å². The highest BCUT2D eigenvalue weighted by atomic mass is 79.9. The van der Waals surface area contributed by atoms with Gasteiger partial charge in [0.1, 0.15) is 17.3 Å². The molecule has 0 radical (unpaired) electrons. The van der Waals surface area contributed by atoms with Gasteiger partial charge in [0.15, 0.2) is 0 Å². The molecule has 2 aromatic carbocycles. The Morgan fingerprint density at radius 2 is 1.79 bits per heavy atom. The fourth-order valence-corrected chi connectivity index (χ4v) is 1.94. The highest BCUT2D eigenvalue weighted by molar-refractivity contribution is 9.10. The lowest BCUT2D eigenvalue weighted by molar-refractivity contribution is 0.102. The van der Waals surface area contributed by atoms with E-state index in [4.69, 9.17) is 11.6 Å². The molecule has 0 heterocycles. The van der Waals surface area contributed by atoms with Gasteiger partial charge in [-0.15, -0.1) is 0 Å². The zero-order valence-electron chi connectivity index (χ0n) is 9.38. The molecular formula is C13H7BrClF2NO. The Balaban J connectivity index is 2.28. The summed E-state index contributed by atoms with van der Waals surface area (Å²) in [5, 5.41) is 2.63. The van der Waals surface area contributed by atoms with Crippen molar-refractivity contribution in [2.75, 3.05) is 5.32 Å². The van der Waals surface area contributed by atoms with Crippen molar-refractivity contribution >= 4 is 39.1 Å². The summed E-state index contributed by atoms with van der Waals surface area (Å²) in [6.07, 6.45) is 0. The third kappa shape index (κ3) is 3.11. The number of carbonyl (C=O) groups is 1. The molecule has 0 atom stereocenters. The second-order valence-corrected chi connectivity index (χ2v) is 4.94. The normalized spacial score (nSPS) is 10.3. The van der Waals surface area contributed by atoms with Crippen LogP contribution in [0.4, 0.5) is 14.5 Å². The van der Waals surface area contributed by atoms with E-state index < -0.39 is 23.2 Å². The van der Waals surface area contributed by atoms with E-state index in [1.165, 1.54) is 24.3 Å². The summed E-state index contributed by atoms with van der Waals surface area (Å²) in [5.74, 6) is -2.29. The van der Waals surface area contributed by atoms with Crippen molar-refractivity contribution < 1.29 is 13.6 Å². The van der Waals surface area contributed by atoms with Gasteiger partial charge in [-0.25, -0.2) is 8.78 Å². The van der Waals surface area contributed by atoms with Gasteiger partial charge in [0, 0.05) is 10.0 Å². The number of para-hydroxylation sites is 1. The molecule has 98 valence electrons. The fourth-order valence-electron chi connectivity index (χ4n) is 1.44. The second-order valence-electron chi connectivity index (χ2n) is 3.68. The summed E-state index contributed by atoms with van der Waals surface area (Å²) in [4.78, 5) is 11.9. The summed E-state index contributed by atoms with van der Waals surface area (Å²) < 4.78 is 27.3. The number of nitrogens with one attached hydrogen (secondary N) is 1. The van der Waals surface area contributed by atoms with E-state index in [1.54, 1.807) is 0 Å². The summed E-state index contributed by atoms with van der Waals surface area (Å²) in [6.45, 7) is 0. The molecule has 0 aliphatic rings. The van der Waals surface area contributed by atoms with E-state index in [-0.39, 0.29) is 5.56 Å². The van der Waals surface area contributed by atoms with Crippen molar-refractivity contribution in [3.05, 3.63) is 63.1 Å². The Hall–Kier alpha value is -1.46. The number of hydrogen-bond acceptors (Lipinski definition) is 1. The van der Waals surface area contributed by atoms with Gasteiger partial charge in [0.25, 0.3) is 5.91 Å². The Bertz CT molecular complexity index is 628. The standard InChI is InChI=1S/C13H7BrClF2NO/c14-8-6-7(4-5-9(8)15)13(19)18-12-10(16)2-1-3-11(12)17/h1-6H,(H,18,19). The van der Waals surface area contributed by atoms with E-state index >= 15 is 0 Å². The number of hydrogen-bond donors (Lipinski definition) is 1. The third-order valence-corrected chi connectivity index (χ3v) is 3.60. The Labute approximate surface area is 121 Å². The lowest BCUT2D eigenvalue weighted by atomic mass is 10.2. The molecule has 1 amide bonds. The van der Waals surface area contributed by atoms with E-state index in [2.05, 4.69) is 21.2 Å². The minimum Gasteiger partial charge on any atom is -0.317 e. The quantitative estimate of drug-likeness (QED) is 0.844. The zero-order valence-corrected chi connectivity index (χ0v) is 11.7. The Morgan fingerprint density at radius 1 is 1.16 bits per heavy atom. The Kier molecular flexibility index (Phi) is 4.17. The molecule has 0 saturated heterocycles. The highest BCUT2D eigenvalue weighted by Gasteiger charge is 2.14. The van der Waals surface area contributed by atoms with E-state index in [1.807, 2.05) is 0 Å². The van der Waals surface area contributed by atoms with Crippen molar-refractivity contribution in [1.82, 2.24) is 0 Å². The molecule has 0 spiro atoms. The van der Waals surface area contributed by atoms with Crippen molar-refractivity contribution in [2.24, 2.45) is 0 Å². The average Bonchev–Trinajstić information content (AvgIpc) is 2.37. The lowest BCUT2D eigenvalue weighted by Gasteiger charge is -2.08. The maximum Gasteiger partial charge on any atom is 0.255 e. The van der Waals surface area contributed by atoms with Gasteiger partial charge in [-0.3, -0.25) is 4.79 Å². The maximum absolute atomic E-state index is 13.4. The number of anilines is 1. The van der Waals surface area contributed by atoms with Gasteiger partial charge in [-0.1, -0.05) is 17.7 Å². The largest absolute Gasteiger partial charge is 0.317 e. The minimum absolute atomic E-state index is 0.235. The van der Waals surface area contributed by atoms with Crippen LogP contribution in [-0.2, 0) is 0 Å².